The molecule has 0 radical (unpaired) electrons. The Balaban J connectivity index is 1.99. The van der Waals surface area contributed by atoms with Crippen LogP contribution < -0.4 is 5.32 Å². The fraction of sp³-hybridized carbons (Fsp3) is 0.308. The van der Waals surface area contributed by atoms with E-state index >= 15 is 0 Å². The van der Waals surface area contributed by atoms with Crippen molar-refractivity contribution in [2.45, 2.75) is 6.04 Å². The van der Waals surface area contributed by atoms with Gasteiger partial charge in [-0.1, -0.05) is 17.7 Å². The Labute approximate surface area is 126 Å². The van der Waals surface area contributed by atoms with Gasteiger partial charge in [0.1, 0.15) is 10.8 Å². The Kier molecular flexibility index (Phi) is 5.05. The summed E-state index contributed by atoms with van der Waals surface area (Å²) >= 11 is 7.31. The largest absolute Gasteiger partial charge is 0.349 e. The highest BCUT2D eigenvalue weighted by atomic mass is 35.5. The number of nitrogens with one attached hydrogen (secondary N) is 1. The molecule has 5 nitrogen and oxygen atoms in total. The van der Waals surface area contributed by atoms with Gasteiger partial charge in [-0.25, -0.2) is 9.97 Å². The highest BCUT2D eigenvalue weighted by molar-refractivity contribution is 7.10. The second-order valence-electron chi connectivity index (χ2n) is 4.43. The number of amides is 1. The van der Waals surface area contributed by atoms with Crippen molar-refractivity contribution in [2.75, 3.05) is 20.6 Å². The normalized spacial score (nSPS) is 12.4. The fourth-order valence-corrected chi connectivity index (χ4v) is 2.75. The van der Waals surface area contributed by atoms with E-state index in [0.717, 1.165) is 0 Å². The lowest BCUT2D eigenvalue weighted by Crippen LogP contribution is -2.34. The van der Waals surface area contributed by atoms with Crippen LogP contribution in [0.15, 0.2) is 29.9 Å². The molecule has 0 aliphatic carbocycles. The van der Waals surface area contributed by atoms with E-state index in [2.05, 4.69) is 26.3 Å². The zero-order valence-electron chi connectivity index (χ0n) is 11.2. The third-order valence-electron chi connectivity index (χ3n) is 2.80. The van der Waals surface area contributed by atoms with Crippen molar-refractivity contribution >= 4 is 28.8 Å². The van der Waals surface area contributed by atoms with E-state index in [-0.39, 0.29) is 22.8 Å². The molecule has 0 saturated carbocycles. The van der Waals surface area contributed by atoms with Crippen molar-refractivity contribution in [3.63, 3.8) is 0 Å². The van der Waals surface area contributed by atoms with Crippen molar-refractivity contribution in [3.8, 4) is 0 Å². The minimum Gasteiger partial charge on any atom is -0.349 e. The Morgan fingerprint density at radius 3 is 2.80 bits per heavy atom. The number of halogens is 1. The molecule has 0 fully saturated rings. The first kappa shape index (κ1) is 14.9. The van der Waals surface area contributed by atoms with Gasteiger partial charge in [-0.3, -0.25) is 4.79 Å². The fourth-order valence-electron chi connectivity index (χ4n) is 1.73. The second kappa shape index (κ2) is 6.78. The van der Waals surface area contributed by atoms with Gasteiger partial charge in [-0.15, -0.1) is 11.3 Å². The van der Waals surface area contributed by atoms with Crippen LogP contribution in [0.2, 0.25) is 5.15 Å². The smallest absolute Gasteiger partial charge is 0.271 e. The Hall–Kier alpha value is -1.50. The summed E-state index contributed by atoms with van der Waals surface area (Å²) < 4.78 is 0. The Morgan fingerprint density at radius 1 is 1.45 bits per heavy atom. The number of hydrogen-bond donors (Lipinski definition) is 1. The van der Waals surface area contributed by atoms with E-state index in [0.29, 0.717) is 6.54 Å². The number of rotatable bonds is 5. The lowest BCUT2D eigenvalue weighted by molar-refractivity contribution is 0.0937. The van der Waals surface area contributed by atoms with Gasteiger partial charge < -0.3 is 10.2 Å². The first-order valence-corrected chi connectivity index (χ1v) is 7.29. The van der Waals surface area contributed by atoms with Gasteiger partial charge in [0.25, 0.3) is 5.91 Å². The third kappa shape index (κ3) is 3.75. The SMILES string of the molecule is CN(C)C(CNC(=O)c1cnc(Cl)cn1)c1cccs1. The van der Waals surface area contributed by atoms with E-state index < -0.39 is 0 Å². The predicted octanol–water partition coefficient (Wildman–Crippen LogP) is 2.22. The molecule has 0 spiro atoms. The second-order valence-corrected chi connectivity index (χ2v) is 5.80. The summed E-state index contributed by atoms with van der Waals surface area (Å²) in [6.45, 7) is 0.511. The molecule has 0 aromatic carbocycles. The molecular formula is C13H15ClN4OS. The maximum absolute atomic E-state index is 12.0. The lowest BCUT2D eigenvalue weighted by Gasteiger charge is -2.23. The van der Waals surface area contributed by atoms with E-state index in [4.69, 9.17) is 11.6 Å². The zero-order chi connectivity index (χ0) is 14.5. The lowest BCUT2D eigenvalue weighted by atomic mass is 10.2. The molecule has 1 unspecified atom stereocenters. The van der Waals surface area contributed by atoms with E-state index in [1.165, 1.54) is 17.3 Å². The van der Waals surface area contributed by atoms with Crippen LogP contribution in [0.25, 0.3) is 0 Å². The van der Waals surface area contributed by atoms with Crippen LogP contribution in [0.4, 0.5) is 0 Å². The maximum atomic E-state index is 12.0. The van der Waals surface area contributed by atoms with Crippen LogP contribution in [-0.4, -0.2) is 41.4 Å². The summed E-state index contributed by atoms with van der Waals surface area (Å²) in [5.41, 5.74) is 0.262. The number of carbonyl (C=O) groups excluding carboxylic acids is 1. The molecule has 2 heterocycles. The molecule has 1 N–H and O–H groups in total. The molecule has 0 aliphatic heterocycles. The summed E-state index contributed by atoms with van der Waals surface area (Å²) in [7, 11) is 3.97. The average Bonchev–Trinajstić information content (AvgIpc) is 2.93. The van der Waals surface area contributed by atoms with Gasteiger partial charge in [-0.05, 0) is 25.5 Å². The van der Waals surface area contributed by atoms with Crippen LogP contribution in [-0.2, 0) is 0 Å². The Morgan fingerprint density at radius 2 is 2.25 bits per heavy atom. The highest BCUT2D eigenvalue weighted by Gasteiger charge is 2.17. The topological polar surface area (TPSA) is 58.1 Å². The minimum atomic E-state index is -0.252. The maximum Gasteiger partial charge on any atom is 0.271 e. The Bertz CT molecular complexity index is 556. The van der Waals surface area contributed by atoms with E-state index in [1.807, 2.05) is 25.5 Å². The monoisotopic (exact) mass is 310 g/mol. The van der Waals surface area contributed by atoms with Crippen LogP contribution in [0, 0.1) is 0 Å². The number of aromatic nitrogens is 2. The molecule has 2 aromatic heterocycles. The summed E-state index contributed by atoms with van der Waals surface area (Å²) in [4.78, 5) is 23.0. The first-order chi connectivity index (χ1) is 9.58. The average molecular weight is 311 g/mol. The number of thiophene rings is 1. The summed E-state index contributed by atoms with van der Waals surface area (Å²) in [5.74, 6) is -0.252. The molecule has 20 heavy (non-hydrogen) atoms. The molecule has 0 bridgehead atoms. The molecule has 1 atom stereocenters. The van der Waals surface area contributed by atoms with Crippen molar-refractivity contribution in [2.24, 2.45) is 0 Å². The number of nitrogens with zero attached hydrogens (tertiary/aromatic N) is 3. The van der Waals surface area contributed by atoms with E-state index in [9.17, 15) is 4.79 Å². The molecule has 1 amide bonds. The number of carbonyl (C=O) groups is 1. The first-order valence-electron chi connectivity index (χ1n) is 6.03. The standard InChI is InChI=1S/C13H15ClN4OS/c1-18(2)10(11-4-3-5-20-11)7-17-13(19)9-6-16-12(14)8-15-9/h3-6,8,10H,7H2,1-2H3,(H,17,19). The molecule has 2 aromatic rings. The van der Waals surface area contributed by atoms with Crippen LogP contribution in [0.3, 0.4) is 0 Å². The van der Waals surface area contributed by atoms with Crippen molar-refractivity contribution in [1.29, 1.82) is 0 Å². The molecule has 2 rings (SSSR count). The van der Waals surface area contributed by atoms with E-state index in [1.54, 1.807) is 11.3 Å². The van der Waals surface area contributed by atoms with Gasteiger partial charge in [-0.2, -0.15) is 0 Å². The summed E-state index contributed by atoms with van der Waals surface area (Å²) in [5, 5.41) is 5.16. The van der Waals surface area contributed by atoms with Crippen molar-refractivity contribution < 1.29 is 4.79 Å². The minimum absolute atomic E-state index is 0.138. The molecular weight excluding hydrogens is 296 g/mol. The van der Waals surface area contributed by atoms with Crippen LogP contribution in [0.5, 0.6) is 0 Å². The number of likely N-dealkylation sites (N-methyl/N-ethyl adjacent to an activating group) is 1. The van der Waals surface area contributed by atoms with Gasteiger partial charge in [0, 0.05) is 11.4 Å². The number of hydrogen-bond acceptors (Lipinski definition) is 5. The van der Waals surface area contributed by atoms with Gasteiger partial charge in [0.05, 0.1) is 18.4 Å². The molecule has 106 valence electrons. The van der Waals surface area contributed by atoms with Crippen LogP contribution >= 0.6 is 22.9 Å². The van der Waals surface area contributed by atoms with Gasteiger partial charge >= 0.3 is 0 Å². The quantitative estimate of drug-likeness (QED) is 0.920. The van der Waals surface area contributed by atoms with Crippen molar-refractivity contribution in [1.82, 2.24) is 20.2 Å². The van der Waals surface area contributed by atoms with Gasteiger partial charge in [0.15, 0.2) is 0 Å². The zero-order valence-corrected chi connectivity index (χ0v) is 12.8. The summed E-state index contributed by atoms with van der Waals surface area (Å²) in [6, 6.07) is 4.20. The molecule has 0 aliphatic rings. The molecule has 0 saturated heterocycles. The molecule has 7 heteroatoms. The van der Waals surface area contributed by atoms with Crippen molar-refractivity contribution in [3.05, 3.63) is 45.6 Å². The summed E-state index contributed by atoms with van der Waals surface area (Å²) in [6.07, 6.45) is 2.73. The van der Waals surface area contributed by atoms with Crippen LogP contribution in [0.1, 0.15) is 21.4 Å². The predicted molar refractivity (Wildman–Crippen MR) is 80.1 cm³/mol. The highest BCUT2D eigenvalue weighted by Crippen LogP contribution is 2.22. The van der Waals surface area contributed by atoms with Gasteiger partial charge in [0.2, 0.25) is 0 Å². The third-order valence-corrected chi connectivity index (χ3v) is 3.97.